The van der Waals surface area contributed by atoms with Crippen LogP contribution in [0.2, 0.25) is 0 Å². The van der Waals surface area contributed by atoms with Crippen LogP contribution < -0.4 is 5.73 Å². The van der Waals surface area contributed by atoms with Crippen molar-refractivity contribution in [1.82, 2.24) is 4.90 Å². The van der Waals surface area contributed by atoms with Crippen molar-refractivity contribution in [2.24, 2.45) is 17.1 Å². The Kier molecular flexibility index (Phi) is 5.08. The molecule has 106 valence electrons. The maximum absolute atomic E-state index is 5.67. The van der Waals surface area contributed by atoms with E-state index in [4.69, 9.17) is 5.73 Å². The van der Waals surface area contributed by atoms with E-state index in [1.165, 1.54) is 64.5 Å². The van der Waals surface area contributed by atoms with Crippen molar-refractivity contribution in [2.45, 2.75) is 71.3 Å². The Morgan fingerprint density at radius 3 is 2.44 bits per heavy atom. The van der Waals surface area contributed by atoms with Gasteiger partial charge in [0.1, 0.15) is 0 Å². The molecule has 0 bridgehead atoms. The molecule has 2 aliphatic rings. The van der Waals surface area contributed by atoms with Crippen molar-refractivity contribution in [2.75, 3.05) is 19.6 Å². The third-order valence-corrected chi connectivity index (χ3v) is 5.29. The van der Waals surface area contributed by atoms with Crippen LogP contribution >= 0.6 is 0 Å². The molecule has 0 aromatic heterocycles. The minimum Gasteiger partial charge on any atom is -0.330 e. The molecule has 0 spiro atoms. The Hall–Kier alpha value is -0.0800. The van der Waals surface area contributed by atoms with Gasteiger partial charge in [0.25, 0.3) is 0 Å². The van der Waals surface area contributed by atoms with Crippen LogP contribution in [-0.4, -0.2) is 30.6 Å². The lowest BCUT2D eigenvalue weighted by Gasteiger charge is -2.37. The zero-order chi connectivity index (χ0) is 13.0. The first-order chi connectivity index (χ1) is 8.61. The van der Waals surface area contributed by atoms with Crippen LogP contribution in [0.15, 0.2) is 0 Å². The molecule has 1 aliphatic heterocycles. The predicted molar refractivity (Wildman–Crippen MR) is 78.6 cm³/mol. The lowest BCUT2D eigenvalue weighted by Crippen LogP contribution is -2.41. The molecule has 2 heteroatoms. The van der Waals surface area contributed by atoms with E-state index in [0.717, 1.165) is 18.5 Å². The molecule has 0 aromatic carbocycles. The molecular weight excluding hydrogens is 220 g/mol. The minimum absolute atomic E-state index is 0.590. The third kappa shape index (κ3) is 3.96. The average molecular weight is 252 g/mol. The maximum Gasteiger partial charge on any atom is 0.00954 e. The molecule has 0 amide bonds. The zero-order valence-electron chi connectivity index (χ0n) is 12.5. The summed E-state index contributed by atoms with van der Waals surface area (Å²) in [6.45, 7) is 8.43. The zero-order valence-corrected chi connectivity index (χ0v) is 12.5. The number of nitrogens with zero attached hydrogens (tertiary/aromatic N) is 1. The van der Waals surface area contributed by atoms with Crippen molar-refractivity contribution < 1.29 is 0 Å². The second kappa shape index (κ2) is 6.38. The first kappa shape index (κ1) is 14.3. The van der Waals surface area contributed by atoms with Crippen LogP contribution in [0.1, 0.15) is 65.2 Å². The van der Waals surface area contributed by atoms with Crippen molar-refractivity contribution in [3.63, 3.8) is 0 Å². The Labute approximate surface area is 113 Å². The highest BCUT2D eigenvalue weighted by molar-refractivity contribution is 4.84. The third-order valence-electron chi connectivity index (χ3n) is 5.29. The largest absolute Gasteiger partial charge is 0.330 e. The standard InChI is InChI=1S/C16H32N2/c1-16(2)9-3-4-15(5-10-16)18-12-7-14(6-11-17)8-13-18/h14-15H,3-13,17H2,1-2H3. The predicted octanol–water partition coefficient (Wildman–Crippen LogP) is 3.41. The van der Waals surface area contributed by atoms with Gasteiger partial charge in [-0.05, 0) is 75.9 Å². The Morgan fingerprint density at radius 1 is 1.06 bits per heavy atom. The molecule has 18 heavy (non-hydrogen) atoms. The highest BCUT2D eigenvalue weighted by Gasteiger charge is 2.29. The van der Waals surface area contributed by atoms with Gasteiger partial charge in [0.2, 0.25) is 0 Å². The SMILES string of the molecule is CC1(C)CCCC(N2CCC(CCN)CC2)CC1. The van der Waals surface area contributed by atoms with Crippen molar-refractivity contribution in [1.29, 1.82) is 0 Å². The van der Waals surface area contributed by atoms with Gasteiger partial charge in [0, 0.05) is 6.04 Å². The van der Waals surface area contributed by atoms with Crippen molar-refractivity contribution in [3.05, 3.63) is 0 Å². The van der Waals surface area contributed by atoms with Gasteiger partial charge in [0.05, 0.1) is 0 Å². The molecule has 1 heterocycles. The summed E-state index contributed by atoms with van der Waals surface area (Å²) >= 11 is 0. The molecule has 1 atom stereocenters. The van der Waals surface area contributed by atoms with Gasteiger partial charge in [-0.3, -0.25) is 0 Å². The molecule has 1 saturated heterocycles. The molecule has 1 unspecified atom stereocenters. The smallest absolute Gasteiger partial charge is 0.00954 e. The fourth-order valence-electron chi connectivity index (χ4n) is 3.85. The quantitative estimate of drug-likeness (QED) is 0.780. The van der Waals surface area contributed by atoms with Gasteiger partial charge < -0.3 is 10.6 Å². The first-order valence-electron chi connectivity index (χ1n) is 8.05. The summed E-state index contributed by atoms with van der Waals surface area (Å²) in [5.74, 6) is 0.911. The summed E-state index contributed by atoms with van der Waals surface area (Å²) in [6.07, 6.45) is 11.1. The van der Waals surface area contributed by atoms with Crippen LogP contribution in [0.3, 0.4) is 0 Å². The van der Waals surface area contributed by atoms with Crippen LogP contribution in [0.5, 0.6) is 0 Å². The summed E-state index contributed by atoms with van der Waals surface area (Å²) in [5, 5.41) is 0. The summed E-state index contributed by atoms with van der Waals surface area (Å²) in [4.78, 5) is 2.79. The molecular formula is C16H32N2. The number of piperidine rings is 1. The number of likely N-dealkylation sites (tertiary alicyclic amines) is 1. The van der Waals surface area contributed by atoms with E-state index in [-0.39, 0.29) is 0 Å². The van der Waals surface area contributed by atoms with Crippen LogP contribution in [-0.2, 0) is 0 Å². The topological polar surface area (TPSA) is 29.3 Å². The van der Waals surface area contributed by atoms with Gasteiger partial charge in [-0.1, -0.05) is 20.3 Å². The van der Waals surface area contributed by atoms with Gasteiger partial charge in [0.15, 0.2) is 0 Å². The van der Waals surface area contributed by atoms with Crippen LogP contribution in [0, 0.1) is 11.3 Å². The highest BCUT2D eigenvalue weighted by Crippen LogP contribution is 2.36. The van der Waals surface area contributed by atoms with Crippen molar-refractivity contribution in [3.8, 4) is 0 Å². The second-order valence-corrected chi connectivity index (χ2v) is 7.31. The Balaban J connectivity index is 1.79. The van der Waals surface area contributed by atoms with E-state index in [1.54, 1.807) is 0 Å². The monoisotopic (exact) mass is 252 g/mol. The first-order valence-corrected chi connectivity index (χ1v) is 8.05. The number of nitrogens with two attached hydrogens (primary N) is 1. The Morgan fingerprint density at radius 2 is 1.78 bits per heavy atom. The molecule has 2 rings (SSSR count). The molecule has 1 saturated carbocycles. The lowest BCUT2D eigenvalue weighted by atomic mass is 9.85. The normalized spacial score (nSPS) is 31.2. The highest BCUT2D eigenvalue weighted by atomic mass is 15.2. The maximum atomic E-state index is 5.67. The summed E-state index contributed by atoms with van der Waals surface area (Å²) < 4.78 is 0. The molecule has 0 aromatic rings. The molecule has 1 aliphatic carbocycles. The summed E-state index contributed by atoms with van der Waals surface area (Å²) in [6, 6.07) is 0.880. The Bertz CT molecular complexity index is 241. The van der Waals surface area contributed by atoms with Gasteiger partial charge in [-0.25, -0.2) is 0 Å². The second-order valence-electron chi connectivity index (χ2n) is 7.31. The van der Waals surface area contributed by atoms with E-state index in [2.05, 4.69) is 18.7 Å². The fraction of sp³-hybridized carbons (Fsp3) is 1.00. The van der Waals surface area contributed by atoms with Crippen LogP contribution in [0.4, 0.5) is 0 Å². The molecule has 2 fully saturated rings. The number of hydrogen-bond donors (Lipinski definition) is 1. The molecule has 2 N–H and O–H groups in total. The fourth-order valence-corrected chi connectivity index (χ4v) is 3.85. The van der Waals surface area contributed by atoms with Crippen LogP contribution in [0.25, 0.3) is 0 Å². The van der Waals surface area contributed by atoms with E-state index >= 15 is 0 Å². The number of rotatable bonds is 3. The molecule has 2 nitrogen and oxygen atoms in total. The summed E-state index contributed by atoms with van der Waals surface area (Å²) in [5.41, 5.74) is 6.26. The van der Waals surface area contributed by atoms with E-state index in [0.29, 0.717) is 5.41 Å². The number of hydrogen-bond acceptors (Lipinski definition) is 2. The van der Waals surface area contributed by atoms with E-state index in [9.17, 15) is 0 Å². The minimum atomic E-state index is 0.590. The lowest BCUT2D eigenvalue weighted by molar-refractivity contribution is 0.117. The van der Waals surface area contributed by atoms with Gasteiger partial charge in [-0.2, -0.15) is 0 Å². The summed E-state index contributed by atoms with van der Waals surface area (Å²) in [7, 11) is 0. The molecule has 0 radical (unpaired) electrons. The van der Waals surface area contributed by atoms with E-state index in [1.807, 2.05) is 0 Å². The van der Waals surface area contributed by atoms with Gasteiger partial charge in [-0.15, -0.1) is 0 Å². The van der Waals surface area contributed by atoms with E-state index < -0.39 is 0 Å². The van der Waals surface area contributed by atoms with Gasteiger partial charge >= 0.3 is 0 Å². The van der Waals surface area contributed by atoms with Crippen molar-refractivity contribution >= 4 is 0 Å². The average Bonchev–Trinajstić information content (AvgIpc) is 2.52.